The summed E-state index contributed by atoms with van der Waals surface area (Å²) in [7, 11) is 0. The highest BCUT2D eigenvalue weighted by Gasteiger charge is 2.45. The zero-order valence-corrected chi connectivity index (χ0v) is 12.9. The van der Waals surface area contributed by atoms with Gasteiger partial charge < -0.3 is 15.5 Å². The van der Waals surface area contributed by atoms with Crippen molar-refractivity contribution in [3.63, 3.8) is 0 Å². The Balaban J connectivity index is 1.70. The van der Waals surface area contributed by atoms with E-state index < -0.39 is 23.8 Å². The molecule has 0 spiro atoms. The van der Waals surface area contributed by atoms with E-state index in [4.69, 9.17) is 0 Å². The number of halogens is 1. The number of hydrogen-bond donors (Lipinski definition) is 2. The molecule has 2 N–H and O–H groups in total. The van der Waals surface area contributed by atoms with Crippen molar-refractivity contribution in [3.8, 4) is 0 Å². The molecule has 1 aromatic rings. The van der Waals surface area contributed by atoms with E-state index in [1.165, 1.54) is 11.0 Å². The van der Waals surface area contributed by atoms with Crippen molar-refractivity contribution >= 4 is 17.7 Å². The highest BCUT2D eigenvalue weighted by molar-refractivity contribution is 5.98. The molecule has 0 bridgehead atoms. The number of carbonyl (C=O) groups excluding carboxylic acids is 3. The van der Waals surface area contributed by atoms with E-state index in [9.17, 15) is 18.8 Å². The number of carbonyl (C=O) groups is 3. The third kappa shape index (κ3) is 2.78. The third-order valence-corrected chi connectivity index (χ3v) is 4.39. The molecule has 0 radical (unpaired) electrons. The van der Waals surface area contributed by atoms with Crippen molar-refractivity contribution in [1.29, 1.82) is 0 Å². The molecule has 1 aromatic carbocycles. The van der Waals surface area contributed by atoms with Crippen LogP contribution in [0.2, 0.25) is 0 Å². The molecule has 122 valence electrons. The number of nitrogens with one attached hydrogen (secondary N) is 2. The normalized spacial score (nSPS) is 26.7. The van der Waals surface area contributed by atoms with Gasteiger partial charge in [-0.3, -0.25) is 14.4 Å². The molecule has 2 fully saturated rings. The van der Waals surface area contributed by atoms with Crippen LogP contribution in [0.3, 0.4) is 0 Å². The highest BCUT2D eigenvalue weighted by Crippen LogP contribution is 2.23. The summed E-state index contributed by atoms with van der Waals surface area (Å²) in [5, 5.41) is 5.40. The predicted molar refractivity (Wildman–Crippen MR) is 80.1 cm³/mol. The summed E-state index contributed by atoms with van der Waals surface area (Å²) in [6.45, 7) is 3.55. The van der Waals surface area contributed by atoms with Crippen molar-refractivity contribution in [2.24, 2.45) is 0 Å². The van der Waals surface area contributed by atoms with Crippen LogP contribution in [0.4, 0.5) is 4.39 Å². The number of rotatable bonds is 2. The van der Waals surface area contributed by atoms with Gasteiger partial charge in [0.1, 0.15) is 17.9 Å². The lowest BCUT2D eigenvalue weighted by Crippen LogP contribution is -2.60. The van der Waals surface area contributed by atoms with Gasteiger partial charge in [0.2, 0.25) is 11.8 Å². The number of piperazine rings is 1. The number of fused-ring (bicyclic) bond motifs is 1. The van der Waals surface area contributed by atoms with E-state index in [-0.39, 0.29) is 23.4 Å². The van der Waals surface area contributed by atoms with Gasteiger partial charge in [0.15, 0.2) is 0 Å². The van der Waals surface area contributed by atoms with Crippen LogP contribution in [0.25, 0.3) is 0 Å². The maximum Gasteiger partial charge on any atom is 0.251 e. The van der Waals surface area contributed by atoms with Crippen LogP contribution in [-0.2, 0) is 9.59 Å². The summed E-state index contributed by atoms with van der Waals surface area (Å²) in [4.78, 5) is 37.8. The van der Waals surface area contributed by atoms with Crippen LogP contribution in [0.15, 0.2) is 18.2 Å². The third-order valence-electron chi connectivity index (χ3n) is 4.39. The summed E-state index contributed by atoms with van der Waals surface area (Å²) in [5.74, 6) is -1.19. The fourth-order valence-electron chi connectivity index (χ4n) is 3.06. The van der Waals surface area contributed by atoms with Crippen LogP contribution >= 0.6 is 0 Å². The number of aryl methyl sites for hydroxylation is 1. The Kier molecular flexibility index (Phi) is 3.79. The first-order valence-electron chi connectivity index (χ1n) is 7.54. The first-order valence-corrected chi connectivity index (χ1v) is 7.54. The molecule has 2 aliphatic rings. The van der Waals surface area contributed by atoms with Gasteiger partial charge in [-0.15, -0.1) is 0 Å². The molecule has 7 heteroatoms. The Labute approximate surface area is 133 Å². The Morgan fingerprint density at radius 2 is 2.13 bits per heavy atom. The smallest absolute Gasteiger partial charge is 0.251 e. The van der Waals surface area contributed by atoms with E-state index in [2.05, 4.69) is 10.6 Å². The Morgan fingerprint density at radius 1 is 1.39 bits per heavy atom. The molecule has 0 aliphatic carbocycles. The maximum absolute atomic E-state index is 13.6. The van der Waals surface area contributed by atoms with Gasteiger partial charge in [-0.25, -0.2) is 4.39 Å². The molecule has 3 rings (SSSR count). The largest absolute Gasteiger partial charge is 0.347 e. The summed E-state index contributed by atoms with van der Waals surface area (Å²) in [5.41, 5.74) is 0.693. The van der Waals surface area contributed by atoms with Gasteiger partial charge in [-0.2, -0.15) is 0 Å². The zero-order valence-electron chi connectivity index (χ0n) is 12.9. The molecule has 2 saturated heterocycles. The average molecular weight is 319 g/mol. The summed E-state index contributed by atoms with van der Waals surface area (Å²) in [6, 6.07) is 2.87. The van der Waals surface area contributed by atoms with E-state index in [0.717, 1.165) is 0 Å². The van der Waals surface area contributed by atoms with Crippen molar-refractivity contribution in [1.82, 2.24) is 15.5 Å². The summed E-state index contributed by atoms with van der Waals surface area (Å²) < 4.78 is 13.6. The molecule has 23 heavy (non-hydrogen) atoms. The topological polar surface area (TPSA) is 78.5 Å². The van der Waals surface area contributed by atoms with E-state index in [1.807, 2.05) is 0 Å². The van der Waals surface area contributed by atoms with Crippen LogP contribution in [0.1, 0.15) is 29.3 Å². The molecular weight excluding hydrogens is 301 g/mol. The van der Waals surface area contributed by atoms with Crippen LogP contribution in [-0.4, -0.2) is 47.3 Å². The van der Waals surface area contributed by atoms with Gasteiger partial charge in [0.25, 0.3) is 5.91 Å². The van der Waals surface area contributed by atoms with Crippen molar-refractivity contribution in [2.45, 2.75) is 38.4 Å². The maximum atomic E-state index is 13.6. The quantitative estimate of drug-likeness (QED) is 0.826. The first-order chi connectivity index (χ1) is 10.9. The second kappa shape index (κ2) is 5.64. The van der Waals surface area contributed by atoms with E-state index in [1.54, 1.807) is 26.0 Å². The minimum atomic E-state index is -0.543. The summed E-state index contributed by atoms with van der Waals surface area (Å²) in [6.07, 6.45) is 0.365. The lowest BCUT2D eigenvalue weighted by atomic mass is 10.1. The monoisotopic (exact) mass is 319 g/mol. The minimum Gasteiger partial charge on any atom is -0.347 e. The Bertz CT molecular complexity index is 691. The first kappa shape index (κ1) is 15.5. The fraction of sp³-hybridized carbons (Fsp3) is 0.438. The van der Waals surface area contributed by atoms with Gasteiger partial charge in [0, 0.05) is 18.2 Å². The molecule has 3 atom stereocenters. The van der Waals surface area contributed by atoms with Crippen molar-refractivity contribution in [3.05, 3.63) is 35.1 Å². The zero-order chi connectivity index (χ0) is 16.7. The second-order valence-electron chi connectivity index (χ2n) is 6.11. The lowest BCUT2D eigenvalue weighted by molar-refractivity contribution is -0.146. The molecule has 2 aliphatic heterocycles. The average Bonchev–Trinajstić information content (AvgIpc) is 2.92. The molecule has 2 heterocycles. The number of hydrogen-bond acceptors (Lipinski definition) is 3. The van der Waals surface area contributed by atoms with Gasteiger partial charge in [-0.05, 0) is 38.0 Å². The molecule has 0 aromatic heterocycles. The Morgan fingerprint density at radius 3 is 2.83 bits per heavy atom. The van der Waals surface area contributed by atoms with Gasteiger partial charge in [-0.1, -0.05) is 6.07 Å². The number of benzene rings is 1. The number of nitrogens with zero attached hydrogens (tertiary/aromatic N) is 1. The summed E-state index contributed by atoms with van der Waals surface area (Å²) >= 11 is 0. The van der Waals surface area contributed by atoms with Gasteiger partial charge >= 0.3 is 0 Å². The molecule has 0 saturated carbocycles. The van der Waals surface area contributed by atoms with Crippen LogP contribution in [0, 0.1) is 12.7 Å². The standard InChI is InChI=1S/C16H18FN3O3/c1-8-3-4-10(5-12(8)17)14(21)19-11-6-13-15(22)18-9(2)16(23)20(13)7-11/h3-5,9,11,13H,6-7H2,1-2H3,(H,18,22)(H,19,21)/t9-,11+,13+/m1/s1. The minimum absolute atomic E-state index is 0.146. The van der Waals surface area contributed by atoms with Crippen molar-refractivity contribution in [2.75, 3.05) is 6.54 Å². The molecule has 0 unspecified atom stereocenters. The number of amides is 3. The van der Waals surface area contributed by atoms with Crippen LogP contribution in [0.5, 0.6) is 0 Å². The second-order valence-corrected chi connectivity index (χ2v) is 6.11. The van der Waals surface area contributed by atoms with E-state index in [0.29, 0.717) is 18.5 Å². The molecule has 3 amide bonds. The highest BCUT2D eigenvalue weighted by atomic mass is 19.1. The SMILES string of the molecule is Cc1ccc(C(=O)N[C@H]2C[C@H]3C(=O)N[C@H](C)C(=O)N3C2)cc1F. The van der Waals surface area contributed by atoms with Gasteiger partial charge in [0.05, 0.1) is 0 Å². The molecule has 6 nitrogen and oxygen atoms in total. The molecular formula is C16H18FN3O3. The van der Waals surface area contributed by atoms with E-state index >= 15 is 0 Å². The predicted octanol–water partition coefficient (Wildman–Crippen LogP) is 0.352. The fourth-order valence-corrected chi connectivity index (χ4v) is 3.06. The Hall–Kier alpha value is -2.44. The van der Waals surface area contributed by atoms with Crippen molar-refractivity contribution < 1.29 is 18.8 Å². The lowest BCUT2D eigenvalue weighted by Gasteiger charge is -2.32. The van der Waals surface area contributed by atoms with Crippen LogP contribution < -0.4 is 10.6 Å².